The van der Waals surface area contributed by atoms with Crippen molar-refractivity contribution in [1.82, 2.24) is 14.7 Å². The molecule has 0 spiro atoms. The van der Waals surface area contributed by atoms with Gasteiger partial charge in [-0.3, -0.25) is 9.58 Å². The number of hydrogen-bond donors (Lipinski definition) is 1. The van der Waals surface area contributed by atoms with Crippen LogP contribution in [0.3, 0.4) is 0 Å². The molecule has 1 aromatic rings. The number of nitrogens with zero attached hydrogens (tertiary/aromatic N) is 3. The Hall–Kier alpha value is -1.01. The van der Waals surface area contributed by atoms with Crippen molar-refractivity contribution < 1.29 is 8.78 Å². The van der Waals surface area contributed by atoms with Crippen LogP contribution in [0.15, 0.2) is 6.07 Å². The topological polar surface area (TPSA) is 47.1 Å². The lowest BCUT2D eigenvalue weighted by molar-refractivity contribution is 0.0849. The van der Waals surface area contributed by atoms with E-state index in [-0.39, 0.29) is 6.54 Å². The average molecular weight is 246 g/mol. The third kappa shape index (κ3) is 4.40. The van der Waals surface area contributed by atoms with Gasteiger partial charge in [-0.05, 0) is 19.9 Å². The fraction of sp³-hybridized carbons (Fsp3) is 0.727. The monoisotopic (exact) mass is 246 g/mol. The summed E-state index contributed by atoms with van der Waals surface area (Å²) in [5.41, 5.74) is 7.29. The summed E-state index contributed by atoms with van der Waals surface area (Å²) in [6.07, 6.45) is -2.33. The molecule has 0 saturated carbocycles. The molecular weight excluding hydrogens is 226 g/mol. The first kappa shape index (κ1) is 14.1. The zero-order valence-corrected chi connectivity index (χ0v) is 10.4. The molecule has 0 bridgehead atoms. The van der Waals surface area contributed by atoms with Gasteiger partial charge in [0.1, 0.15) is 0 Å². The van der Waals surface area contributed by atoms with E-state index in [1.54, 1.807) is 4.90 Å². The van der Waals surface area contributed by atoms with Gasteiger partial charge >= 0.3 is 0 Å². The third-order valence-electron chi connectivity index (χ3n) is 2.51. The maximum absolute atomic E-state index is 12.4. The number of hydrogen-bond acceptors (Lipinski definition) is 3. The van der Waals surface area contributed by atoms with E-state index in [0.717, 1.165) is 17.9 Å². The molecule has 6 heteroatoms. The van der Waals surface area contributed by atoms with Crippen molar-refractivity contribution in [2.45, 2.75) is 33.4 Å². The van der Waals surface area contributed by atoms with E-state index in [0.29, 0.717) is 19.6 Å². The van der Waals surface area contributed by atoms with Gasteiger partial charge in [-0.25, -0.2) is 8.78 Å². The van der Waals surface area contributed by atoms with E-state index in [4.69, 9.17) is 5.73 Å². The second-order valence-corrected chi connectivity index (χ2v) is 4.01. The van der Waals surface area contributed by atoms with Gasteiger partial charge in [-0.15, -0.1) is 0 Å². The highest BCUT2D eigenvalue weighted by Crippen LogP contribution is 2.09. The molecule has 0 aromatic carbocycles. The lowest BCUT2D eigenvalue weighted by atomic mass is 10.3. The lowest BCUT2D eigenvalue weighted by Crippen LogP contribution is -2.33. The Morgan fingerprint density at radius 3 is 2.76 bits per heavy atom. The molecule has 4 nitrogen and oxygen atoms in total. The quantitative estimate of drug-likeness (QED) is 0.787. The molecule has 2 N–H and O–H groups in total. The van der Waals surface area contributed by atoms with E-state index in [1.807, 2.05) is 24.6 Å². The Morgan fingerprint density at radius 1 is 1.53 bits per heavy atom. The minimum atomic E-state index is -2.33. The van der Waals surface area contributed by atoms with Crippen LogP contribution in [0.2, 0.25) is 0 Å². The molecule has 17 heavy (non-hydrogen) atoms. The smallest absolute Gasteiger partial charge is 0.251 e. The van der Waals surface area contributed by atoms with E-state index in [1.165, 1.54) is 0 Å². The standard InChI is InChI=1S/C11H20F2N4/c1-3-17-10(6-9(2)15-17)7-16(5-4-14)8-11(12)13/h6,11H,3-5,7-8,14H2,1-2H3. The molecule has 1 aromatic heterocycles. The zero-order valence-electron chi connectivity index (χ0n) is 10.4. The second kappa shape index (κ2) is 6.66. The van der Waals surface area contributed by atoms with Crippen molar-refractivity contribution in [2.24, 2.45) is 5.73 Å². The summed E-state index contributed by atoms with van der Waals surface area (Å²) in [4.78, 5) is 1.66. The Balaban J connectivity index is 2.70. The number of halogens is 2. The molecule has 1 heterocycles. The Kier molecular flexibility index (Phi) is 5.50. The SMILES string of the molecule is CCn1nc(C)cc1CN(CCN)CC(F)F. The van der Waals surface area contributed by atoms with Crippen LogP contribution < -0.4 is 5.73 Å². The number of alkyl halides is 2. The number of aromatic nitrogens is 2. The van der Waals surface area contributed by atoms with Crippen LogP contribution in [0.4, 0.5) is 8.78 Å². The van der Waals surface area contributed by atoms with Crippen LogP contribution in [0.5, 0.6) is 0 Å². The minimum absolute atomic E-state index is 0.245. The molecular formula is C11H20F2N4. The third-order valence-corrected chi connectivity index (χ3v) is 2.51. The van der Waals surface area contributed by atoms with E-state index in [9.17, 15) is 8.78 Å². The highest BCUT2D eigenvalue weighted by molar-refractivity contribution is 5.08. The van der Waals surface area contributed by atoms with Crippen molar-refractivity contribution in [3.63, 3.8) is 0 Å². The number of nitrogens with two attached hydrogens (primary N) is 1. The molecule has 0 amide bonds. The van der Waals surface area contributed by atoms with Gasteiger partial charge in [0, 0.05) is 26.2 Å². The molecule has 1 rings (SSSR count). The average Bonchev–Trinajstić information content (AvgIpc) is 2.58. The van der Waals surface area contributed by atoms with Gasteiger partial charge < -0.3 is 5.73 Å². The van der Waals surface area contributed by atoms with Crippen LogP contribution in [-0.4, -0.2) is 40.7 Å². The highest BCUT2D eigenvalue weighted by atomic mass is 19.3. The van der Waals surface area contributed by atoms with Crippen LogP contribution in [-0.2, 0) is 13.1 Å². The van der Waals surface area contributed by atoms with Crippen LogP contribution >= 0.6 is 0 Å². The van der Waals surface area contributed by atoms with E-state index < -0.39 is 6.43 Å². The summed E-state index contributed by atoms with van der Waals surface area (Å²) >= 11 is 0. The van der Waals surface area contributed by atoms with Gasteiger partial charge in [-0.1, -0.05) is 0 Å². The van der Waals surface area contributed by atoms with Gasteiger partial charge in [0.2, 0.25) is 0 Å². The molecule has 0 aliphatic heterocycles. The molecule has 0 radical (unpaired) electrons. The van der Waals surface area contributed by atoms with Crippen molar-refractivity contribution in [1.29, 1.82) is 0 Å². The van der Waals surface area contributed by atoms with Crippen molar-refractivity contribution in [3.8, 4) is 0 Å². The van der Waals surface area contributed by atoms with Gasteiger partial charge in [0.25, 0.3) is 6.43 Å². The van der Waals surface area contributed by atoms with Gasteiger partial charge in [0.05, 0.1) is 17.9 Å². The first-order chi connectivity index (χ1) is 8.06. The fourth-order valence-corrected chi connectivity index (χ4v) is 1.84. The van der Waals surface area contributed by atoms with Gasteiger partial charge in [-0.2, -0.15) is 5.10 Å². The van der Waals surface area contributed by atoms with Crippen molar-refractivity contribution in [2.75, 3.05) is 19.6 Å². The summed E-state index contributed by atoms with van der Waals surface area (Å²) < 4.78 is 26.6. The first-order valence-electron chi connectivity index (χ1n) is 5.80. The Labute approximate surface area is 100 Å². The summed E-state index contributed by atoms with van der Waals surface area (Å²) in [6, 6.07) is 1.93. The van der Waals surface area contributed by atoms with Crippen LogP contribution in [0.25, 0.3) is 0 Å². The maximum Gasteiger partial charge on any atom is 0.251 e. The van der Waals surface area contributed by atoms with E-state index >= 15 is 0 Å². The van der Waals surface area contributed by atoms with Crippen LogP contribution in [0, 0.1) is 6.92 Å². The molecule has 98 valence electrons. The molecule has 0 fully saturated rings. The summed E-state index contributed by atoms with van der Waals surface area (Å²) in [7, 11) is 0. The zero-order chi connectivity index (χ0) is 12.8. The minimum Gasteiger partial charge on any atom is -0.329 e. The molecule has 0 aliphatic rings. The largest absolute Gasteiger partial charge is 0.329 e. The molecule has 0 aliphatic carbocycles. The van der Waals surface area contributed by atoms with Crippen molar-refractivity contribution >= 4 is 0 Å². The van der Waals surface area contributed by atoms with Gasteiger partial charge in [0.15, 0.2) is 0 Å². The van der Waals surface area contributed by atoms with Crippen molar-refractivity contribution in [3.05, 3.63) is 17.5 Å². The molecule has 0 unspecified atom stereocenters. The molecule has 0 saturated heterocycles. The maximum atomic E-state index is 12.4. The summed E-state index contributed by atoms with van der Waals surface area (Å²) in [5, 5.41) is 4.29. The number of rotatable bonds is 7. The second-order valence-electron chi connectivity index (χ2n) is 4.01. The predicted molar refractivity (Wildman–Crippen MR) is 63.0 cm³/mol. The summed E-state index contributed by atoms with van der Waals surface area (Å²) in [5.74, 6) is 0. The lowest BCUT2D eigenvalue weighted by Gasteiger charge is -2.21. The van der Waals surface area contributed by atoms with Crippen LogP contribution in [0.1, 0.15) is 18.3 Å². The number of aryl methyl sites for hydroxylation is 2. The Morgan fingerprint density at radius 2 is 2.24 bits per heavy atom. The predicted octanol–water partition coefficient (Wildman–Crippen LogP) is 1.24. The molecule has 0 atom stereocenters. The first-order valence-corrected chi connectivity index (χ1v) is 5.80. The highest BCUT2D eigenvalue weighted by Gasteiger charge is 2.14. The Bertz CT molecular complexity index is 338. The summed E-state index contributed by atoms with van der Waals surface area (Å²) in [6.45, 7) is 5.70. The fourth-order valence-electron chi connectivity index (χ4n) is 1.84. The van der Waals surface area contributed by atoms with E-state index in [2.05, 4.69) is 5.10 Å². The normalized spacial score (nSPS) is 11.7.